The predicted molar refractivity (Wildman–Crippen MR) is 103 cm³/mol. The van der Waals surface area contributed by atoms with E-state index in [4.69, 9.17) is 56.3 Å². The minimum Gasteiger partial charge on any atom is -0.452 e. The lowest BCUT2D eigenvalue weighted by atomic mass is 10.2. The molecule has 2 rings (SSSR count). The van der Waals surface area contributed by atoms with E-state index in [9.17, 15) is 18.0 Å². The maximum Gasteiger partial charge on any atom is 0.340 e. The van der Waals surface area contributed by atoms with Crippen molar-refractivity contribution in [3.8, 4) is 0 Å². The first kappa shape index (κ1) is 21.7. The number of primary sulfonamides is 1. The molecule has 0 heterocycles. The lowest BCUT2D eigenvalue weighted by Crippen LogP contribution is -2.21. The summed E-state index contributed by atoms with van der Waals surface area (Å²) in [5.41, 5.74) is -0.0927. The highest BCUT2D eigenvalue weighted by Crippen LogP contribution is 2.32. The van der Waals surface area contributed by atoms with E-state index in [1.807, 2.05) is 0 Å². The maximum atomic E-state index is 12.1. The Morgan fingerprint density at radius 2 is 1.59 bits per heavy atom. The third kappa shape index (κ3) is 5.71. The van der Waals surface area contributed by atoms with Gasteiger partial charge in [0.05, 0.1) is 36.2 Å². The number of esters is 1. The molecule has 144 valence electrons. The standard InChI is InChI=1S/C15H10Cl4N2O5S/c16-9-2-1-7(27(20,24)25)3-8(9)15(23)26-6-14(22)21-13-5-11(18)10(17)4-12(13)19/h1-5H,6H2,(H,21,22)(H2,20,24,25). The number of halogens is 4. The van der Waals surface area contributed by atoms with Crippen LogP contribution in [0, 0.1) is 0 Å². The Morgan fingerprint density at radius 3 is 2.22 bits per heavy atom. The van der Waals surface area contributed by atoms with Gasteiger partial charge in [0.1, 0.15) is 0 Å². The minimum absolute atomic E-state index is 0.0691. The number of nitrogens with two attached hydrogens (primary N) is 1. The van der Waals surface area contributed by atoms with Crippen molar-refractivity contribution >= 4 is 74.0 Å². The number of carbonyl (C=O) groups is 2. The van der Waals surface area contributed by atoms with E-state index in [0.29, 0.717) is 0 Å². The van der Waals surface area contributed by atoms with Gasteiger partial charge in [-0.3, -0.25) is 4.79 Å². The molecule has 0 aliphatic carbocycles. The van der Waals surface area contributed by atoms with Crippen molar-refractivity contribution in [2.75, 3.05) is 11.9 Å². The molecule has 0 aromatic heterocycles. The summed E-state index contributed by atoms with van der Waals surface area (Å²) in [6.07, 6.45) is 0. The number of benzene rings is 2. The number of sulfonamides is 1. The highest BCUT2D eigenvalue weighted by Gasteiger charge is 2.18. The van der Waals surface area contributed by atoms with Gasteiger partial charge >= 0.3 is 5.97 Å². The molecule has 0 saturated heterocycles. The van der Waals surface area contributed by atoms with Crippen LogP contribution in [0.15, 0.2) is 35.2 Å². The molecule has 0 aliphatic heterocycles. The highest BCUT2D eigenvalue weighted by molar-refractivity contribution is 7.89. The van der Waals surface area contributed by atoms with Crippen molar-refractivity contribution in [1.29, 1.82) is 0 Å². The number of amides is 1. The molecule has 3 N–H and O–H groups in total. The first-order chi connectivity index (χ1) is 12.5. The molecule has 2 aromatic carbocycles. The Bertz CT molecular complexity index is 1030. The Labute approximate surface area is 174 Å². The van der Waals surface area contributed by atoms with Crippen molar-refractivity contribution in [2.24, 2.45) is 5.14 Å². The molecule has 2 aromatic rings. The summed E-state index contributed by atoms with van der Waals surface area (Å²) in [6.45, 7) is -0.689. The van der Waals surface area contributed by atoms with Crippen molar-refractivity contribution in [1.82, 2.24) is 0 Å². The third-order valence-electron chi connectivity index (χ3n) is 3.10. The molecule has 12 heteroatoms. The lowest BCUT2D eigenvalue weighted by molar-refractivity contribution is -0.119. The fourth-order valence-corrected chi connectivity index (χ4v) is 3.18. The molecule has 0 spiro atoms. The Morgan fingerprint density at radius 1 is 0.963 bits per heavy atom. The van der Waals surface area contributed by atoms with Gasteiger partial charge < -0.3 is 10.1 Å². The zero-order valence-electron chi connectivity index (χ0n) is 13.1. The number of ether oxygens (including phenoxy) is 1. The van der Waals surface area contributed by atoms with Crippen LogP contribution in [0.3, 0.4) is 0 Å². The molecule has 27 heavy (non-hydrogen) atoms. The van der Waals surface area contributed by atoms with Gasteiger partial charge in [0.25, 0.3) is 5.91 Å². The largest absolute Gasteiger partial charge is 0.452 e. The monoisotopic (exact) mass is 470 g/mol. The van der Waals surface area contributed by atoms with Crippen LogP contribution in [-0.2, 0) is 19.6 Å². The summed E-state index contributed by atoms with van der Waals surface area (Å²) in [7, 11) is -4.04. The van der Waals surface area contributed by atoms with Crippen LogP contribution in [0.2, 0.25) is 20.1 Å². The van der Waals surface area contributed by atoms with E-state index in [2.05, 4.69) is 5.32 Å². The lowest BCUT2D eigenvalue weighted by Gasteiger charge is -2.10. The normalized spacial score (nSPS) is 11.1. The Kier molecular flexibility index (Phi) is 6.96. The second kappa shape index (κ2) is 8.64. The van der Waals surface area contributed by atoms with Crippen LogP contribution in [0.1, 0.15) is 10.4 Å². The van der Waals surface area contributed by atoms with E-state index >= 15 is 0 Å². The van der Waals surface area contributed by atoms with Crippen LogP contribution >= 0.6 is 46.4 Å². The topological polar surface area (TPSA) is 116 Å². The summed E-state index contributed by atoms with van der Waals surface area (Å²) in [5.74, 6) is -1.73. The highest BCUT2D eigenvalue weighted by atomic mass is 35.5. The summed E-state index contributed by atoms with van der Waals surface area (Å²) in [5, 5.41) is 7.83. The molecule has 0 unspecified atom stereocenters. The molecule has 0 bridgehead atoms. The van der Waals surface area contributed by atoms with Crippen molar-refractivity contribution < 1.29 is 22.7 Å². The molecular weight excluding hydrogens is 462 g/mol. The molecule has 0 fully saturated rings. The number of carbonyl (C=O) groups excluding carboxylic acids is 2. The molecule has 0 aliphatic rings. The molecule has 1 amide bonds. The van der Waals surface area contributed by atoms with Gasteiger partial charge in [-0.2, -0.15) is 0 Å². The maximum absolute atomic E-state index is 12.1. The van der Waals surface area contributed by atoms with Gasteiger partial charge in [-0.1, -0.05) is 46.4 Å². The first-order valence-corrected chi connectivity index (χ1v) is 9.98. The van der Waals surface area contributed by atoms with E-state index in [1.165, 1.54) is 18.2 Å². The van der Waals surface area contributed by atoms with Crippen LogP contribution in [-0.4, -0.2) is 26.9 Å². The Hall–Kier alpha value is -1.55. The molecule has 0 radical (unpaired) electrons. The second-order valence-electron chi connectivity index (χ2n) is 5.06. The minimum atomic E-state index is -4.04. The van der Waals surface area contributed by atoms with Gasteiger partial charge in [-0.05, 0) is 30.3 Å². The van der Waals surface area contributed by atoms with Gasteiger partial charge in [0, 0.05) is 0 Å². The van der Waals surface area contributed by atoms with Gasteiger partial charge in [0.15, 0.2) is 6.61 Å². The van der Waals surface area contributed by atoms with E-state index in [-0.39, 0.29) is 36.2 Å². The number of nitrogens with one attached hydrogen (secondary N) is 1. The van der Waals surface area contributed by atoms with Crippen molar-refractivity contribution in [2.45, 2.75) is 4.90 Å². The summed E-state index contributed by atoms with van der Waals surface area (Å²) < 4.78 is 27.5. The predicted octanol–water partition coefficient (Wildman–Crippen LogP) is 3.74. The fourth-order valence-electron chi connectivity index (χ4n) is 1.85. The van der Waals surface area contributed by atoms with Crippen LogP contribution in [0.25, 0.3) is 0 Å². The van der Waals surface area contributed by atoms with Crippen LogP contribution < -0.4 is 10.5 Å². The molecular formula is C15H10Cl4N2O5S. The number of hydrogen-bond acceptors (Lipinski definition) is 5. The third-order valence-corrected chi connectivity index (χ3v) is 5.38. The van der Waals surface area contributed by atoms with E-state index < -0.39 is 28.5 Å². The van der Waals surface area contributed by atoms with Crippen molar-refractivity contribution in [3.05, 3.63) is 56.0 Å². The molecule has 7 nitrogen and oxygen atoms in total. The average Bonchev–Trinajstić information content (AvgIpc) is 2.57. The number of anilines is 1. The van der Waals surface area contributed by atoms with E-state index in [0.717, 1.165) is 12.1 Å². The number of rotatable bonds is 5. The SMILES string of the molecule is NS(=O)(=O)c1ccc(Cl)c(C(=O)OCC(=O)Nc2cc(Cl)c(Cl)cc2Cl)c1. The average molecular weight is 472 g/mol. The molecule has 0 atom stereocenters. The summed E-state index contributed by atoms with van der Waals surface area (Å²) in [4.78, 5) is 23.7. The summed E-state index contributed by atoms with van der Waals surface area (Å²) >= 11 is 23.4. The van der Waals surface area contributed by atoms with E-state index in [1.54, 1.807) is 0 Å². The zero-order valence-corrected chi connectivity index (χ0v) is 17.0. The summed E-state index contributed by atoms with van der Waals surface area (Å²) in [6, 6.07) is 5.93. The van der Waals surface area contributed by atoms with Crippen LogP contribution in [0.4, 0.5) is 5.69 Å². The van der Waals surface area contributed by atoms with Gasteiger partial charge in [-0.25, -0.2) is 18.4 Å². The molecule has 0 saturated carbocycles. The van der Waals surface area contributed by atoms with Gasteiger partial charge in [-0.15, -0.1) is 0 Å². The quantitative estimate of drug-likeness (QED) is 0.508. The zero-order chi connectivity index (χ0) is 20.4. The smallest absolute Gasteiger partial charge is 0.340 e. The van der Waals surface area contributed by atoms with Gasteiger partial charge in [0.2, 0.25) is 10.0 Å². The second-order valence-corrected chi connectivity index (χ2v) is 8.25. The number of hydrogen-bond donors (Lipinski definition) is 2. The van der Waals surface area contributed by atoms with Crippen LogP contribution in [0.5, 0.6) is 0 Å². The fraction of sp³-hybridized carbons (Fsp3) is 0.0667. The first-order valence-electron chi connectivity index (χ1n) is 6.93. The van der Waals surface area contributed by atoms with Crippen molar-refractivity contribution in [3.63, 3.8) is 0 Å². The Balaban J connectivity index is 2.08.